The standard InChI is InChI=1S/C19H18Cl2N2O5/c20-11-4-2-5-12(21)18(11)17-10(3-1-6-13(17)22)9-15(24)23-14(19(27)28)7-8-16(25)26/h1-6,14H,7-9,22H2,(H,23,24)(H,25,26)(H,27,28)/t14-/m1/s1. The summed E-state index contributed by atoms with van der Waals surface area (Å²) >= 11 is 12.5. The Hall–Kier alpha value is -2.77. The van der Waals surface area contributed by atoms with Crippen molar-refractivity contribution in [2.75, 3.05) is 5.73 Å². The van der Waals surface area contributed by atoms with E-state index in [1.807, 2.05) is 0 Å². The first-order valence-corrected chi connectivity index (χ1v) is 9.02. The van der Waals surface area contributed by atoms with Crippen LogP contribution in [0, 0.1) is 0 Å². The summed E-state index contributed by atoms with van der Waals surface area (Å²) in [5.74, 6) is -3.05. The molecule has 1 atom stereocenters. The third-order valence-corrected chi connectivity index (χ3v) is 4.66. The van der Waals surface area contributed by atoms with Gasteiger partial charge in [0.1, 0.15) is 6.04 Å². The SMILES string of the molecule is Nc1cccc(CC(=O)N[C@H](CCC(=O)O)C(=O)O)c1-c1c(Cl)cccc1Cl. The lowest BCUT2D eigenvalue weighted by Gasteiger charge is -2.17. The molecular formula is C19H18Cl2N2O5. The minimum Gasteiger partial charge on any atom is -0.481 e. The van der Waals surface area contributed by atoms with Crippen molar-refractivity contribution in [3.63, 3.8) is 0 Å². The van der Waals surface area contributed by atoms with Gasteiger partial charge in [0, 0.05) is 33.3 Å². The third-order valence-electron chi connectivity index (χ3n) is 4.03. The van der Waals surface area contributed by atoms with E-state index in [4.69, 9.17) is 34.0 Å². The number of carboxylic acid groups (broad SMARTS) is 2. The molecule has 0 fully saturated rings. The molecule has 0 bridgehead atoms. The predicted octanol–water partition coefficient (Wildman–Crippen LogP) is 3.22. The largest absolute Gasteiger partial charge is 0.481 e. The molecule has 28 heavy (non-hydrogen) atoms. The van der Waals surface area contributed by atoms with Crippen LogP contribution in [-0.4, -0.2) is 34.1 Å². The quantitative estimate of drug-likeness (QED) is 0.481. The van der Waals surface area contributed by atoms with Crippen molar-refractivity contribution in [2.45, 2.75) is 25.3 Å². The summed E-state index contributed by atoms with van der Waals surface area (Å²) in [5.41, 5.74) is 7.93. The van der Waals surface area contributed by atoms with Gasteiger partial charge in [-0.1, -0.05) is 41.4 Å². The first-order chi connectivity index (χ1) is 13.2. The van der Waals surface area contributed by atoms with E-state index < -0.39 is 23.9 Å². The van der Waals surface area contributed by atoms with E-state index in [0.29, 0.717) is 32.4 Å². The maximum absolute atomic E-state index is 12.4. The van der Waals surface area contributed by atoms with E-state index in [9.17, 15) is 19.5 Å². The average molecular weight is 425 g/mol. The topological polar surface area (TPSA) is 130 Å². The van der Waals surface area contributed by atoms with Crippen molar-refractivity contribution in [2.24, 2.45) is 0 Å². The molecule has 0 saturated carbocycles. The van der Waals surface area contributed by atoms with Crippen LogP contribution in [0.5, 0.6) is 0 Å². The van der Waals surface area contributed by atoms with Crippen LogP contribution >= 0.6 is 23.2 Å². The molecule has 2 aromatic carbocycles. The summed E-state index contributed by atoms with van der Waals surface area (Å²) in [5, 5.41) is 21.0. The van der Waals surface area contributed by atoms with Gasteiger partial charge in [0.05, 0.1) is 6.42 Å². The van der Waals surface area contributed by atoms with E-state index in [0.717, 1.165) is 0 Å². The van der Waals surface area contributed by atoms with E-state index in [1.165, 1.54) is 0 Å². The summed E-state index contributed by atoms with van der Waals surface area (Å²) in [6.45, 7) is 0. The normalized spacial score (nSPS) is 11.6. The van der Waals surface area contributed by atoms with Crippen LogP contribution in [-0.2, 0) is 20.8 Å². The van der Waals surface area contributed by atoms with Gasteiger partial charge in [-0.2, -0.15) is 0 Å². The highest BCUT2D eigenvalue weighted by molar-refractivity contribution is 6.39. The van der Waals surface area contributed by atoms with Crippen LogP contribution in [0.1, 0.15) is 18.4 Å². The van der Waals surface area contributed by atoms with Crippen molar-refractivity contribution in [3.05, 3.63) is 52.0 Å². The van der Waals surface area contributed by atoms with Gasteiger partial charge in [-0.05, 0) is 30.2 Å². The molecule has 2 rings (SSSR count). The van der Waals surface area contributed by atoms with Gasteiger partial charge in [-0.25, -0.2) is 4.79 Å². The number of carboxylic acids is 2. The number of nitrogens with one attached hydrogen (secondary N) is 1. The highest BCUT2D eigenvalue weighted by atomic mass is 35.5. The summed E-state index contributed by atoms with van der Waals surface area (Å²) in [6, 6.07) is 8.63. The molecular weight excluding hydrogens is 407 g/mol. The maximum atomic E-state index is 12.4. The second-order valence-electron chi connectivity index (χ2n) is 6.05. The molecule has 0 aromatic heterocycles. The van der Waals surface area contributed by atoms with Crippen LogP contribution in [0.15, 0.2) is 36.4 Å². The minimum atomic E-state index is -1.31. The number of carbonyl (C=O) groups is 3. The fraction of sp³-hybridized carbons (Fsp3) is 0.211. The Labute approximate surface area is 171 Å². The monoisotopic (exact) mass is 424 g/mol. The Kier molecular flexibility index (Phi) is 7.25. The average Bonchev–Trinajstić information content (AvgIpc) is 2.60. The summed E-state index contributed by atoms with van der Waals surface area (Å²) in [6.07, 6.45) is -0.786. The summed E-state index contributed by atoms with van der Waals surface area (Å²) in [7, 11) is 0. The highest BCUT2D eigenvalue weighted by Crippen LogP contribution is 2.39. The van der Waals surface area contributed by atoms with Gasteiger partial charge >= 0.3 is 11.9 Å². The van der Waals surface area contributed by atoms with E-state index in [2.05, 4.69) is 5.32 Å². The number of benzene rings is 2. The Balaban J connectivity index is 2.29. The third kappa shape index (κ3) is 5.37. The van der Waals surface area contributed by atoms with Gasteiger partial charge in [-0.3, -0.25) is 9.59 Å². The van der Waals surface area contributed by atoms with Gasteiger partial charge in [-0.15, -0.1) is 0 Å². The molecule has 0 radical (unpaired) electrons. The van der Waals surface area contributed by atoms with Gasteiger partial charge in [0.2, 0.25) is 5.91 Å². The second kappa shape index (κ2) is 9.43. The second-order valence-corrected chi connectivity index (χ2v) is 6.86. The zero-order valence-corrected chi connectivity index (χ0v) is 16.1. The molecule has 0 spiro atoms. The molecule has 9 heteroatoms. The number of halogens is 2. The van der Waals surface area contributed by atoms with E-state index in [-0.39, 0.29) is 19.3 Å². The van der Waals surface area contributed by atoms with E-state index >= 15 is 0 Å². The molecule has 5 N–H and O–H groups in total. The number of aliphatic carboxylic acids is 2. The van der Waals surface area contributed by atoms with Crippen LogP contribution in [0.4, 0.5) is 5.69 Å². The Bertz CT molecular complexity index is 897. The number of nitrogens with two attached hydrogens (primary N) is 1. The van der Waals surface area contributed by atoms with E-state index in [1.54, 1.807) is 36.4 Å². The first-order valence-electron chi connectivity index (χ1n) is 8.26. The molecule has 1 amide bonds. The number of anilines is 1. The highest BCUT2D eigenvalue weighted by Gasteiger charge is 2.23. The molecule has 7 nitrogen and oxygen atoms in total. The first kappa shape index (κ1) is 21.5. The van der Waals surface area contributed by atoms with Crippen LogP contribution in [0.25, 0.3) is 11.1 Å². The fourth-order valence-corrected chi connectivity index (χ4v) is 3.34. The van der Waals surface area contributed by atoms with Crippen LogP contribution in [0.3, 0.4) is 0 Å². The van der Waals surface area contributed by atoms with Crippen LogP contribution in [0.2, 0.25) is 10.0 Å². The van der Waals surface area contributed by atoms with Crippen molar-refractivity contribution in [1.29, 1.82) is 0 Å². The molecule has 0 aliphatic rings. The maximum Gasteiger partial charge on any atom is 0.326 e. The molecule has 0 aliphatic heterocycles. The molecule has 0 aliphatic carbocycles. The zero-order chi connectivity index (χ0) is 20.8. The zero-order valence-electron chi connectivity index (χ0n) is 14.6. The van der Waals surface area contributed by atoms with Crippen LogP contribution < -0.4 is 11.1 Å². The number of rotatable bonds is 8. The number of nitrogen functional groups attached to an aromatic ring is 1. The fourth-order valence-electron chi connectivity index (χ4n) is 2.75. The Morgan fingerprint density at radius 3 is 2.18 bits per heavy atom. The molecule has 148 valence electrons. The van der Waals surface area contributed by atoms with Crippen molar-refractivity contribution >= 4 is 46.7 Å². The van der Waals surface area contributed by atoms with Gasteiger partial charge in [0.15, 0.2) is 0 Å². The molecule has 0 heterocycles. The van der Waals surface area contributed by atoms with Crippen molar-refractivity contribution in [3.8, 4) is 11.1 Å². The molecule has 0 saturated heterocycles. The van der Waals surface area contributed by atoms with Gasteiger partial charge < -0.3 is 21.3 Å². The summed E-state index contributed by atoms with van der Waals surface area (Å²) < 4.78 is 0. The minimum absolute atomic E-state index is 0.182. The smallest absolute Gasteiger partial charge is 0.326 e. The lowest BCUT2D eigenvalue weighted by molar-refractivity contribution is -0.143. The summed E-state index contributed by atoms with van der Waals surface area (Å²) in [4.78, 5) is 34.3. The Morgan fingerprint density at radius 2 is 1.61 bits per heavy atom. The van der Waals surface area contributed by atoms with Crippen molar-refractivity contribution in [1.82, 2.24) is 5.32 Å². The number of hydrogen-bond acceptors (Lipinski definition) is 4. The lowest BCUT2D eigenvalue weighted by Crippen LogP contribution is -2.41. The van der Waals surface area contributed by atoms with Crippen molar-refractivity contribution < 1.29 is 24.6 Å². The van der Waals surface area contributed by atoms with Gasteiger partial charge in [0.25, 0.3) is 0 Å². The number of hydrogen-bond donors (Lipinski definition) is 4. The predicted molar refractivity (Wildman–Crippen MR) is 106 cm³/mol. The number of amides is 1. The number of carbonyl (C=O) groups excluding carboxylic acids is 1. The molecule has 0 unspecified atom stereocenters. The molecule has 2 aromatic rings. The Morgan fingerprint density at radius 1 is 1.00 bits per heavy atom. The lowest BCUT2D eigenvalue weighted by atomic mass is 9.95.